The highest BCUT2D eigenvalue weighted by Crippen LogP contribution is 2.38. The Morgan fingerprint density at radius 2 is 1.78 bits per heavy atom. The van der Waals surface area contributed by atoms with Gasteiger partial charge in [-0.2, -0.15) is 0 Å². The van der Waals surface area contributed by atoms with E-state index in [4.69, 9.17) is 25.8 Å². The number of hydrogen-bond donors (Lipinski definition) is 1. The van der Waals surface area contributed by atoms with Crippen LogP contribution in [-0.4, -0.2) is 25.1 Å². The van der Waals surface area contributed by atoms with Crippen molar-refractivity contribution in [1.82, 2.24) is 0 Å². The number of ether oxygens (including phenoxy) is 3. The van der Waals surface area contributed by atoms with Crippen LogP contribution in [0, 0.1) is 5.92 Å². The standard InChI is InChI=1S/C29H29BrClNO5/c1-4-35-26-16-20(15-24(30)28(26)36-18-22-7-5-6-8-25(22)31)9-14-27(33)32-23-12-10-21(11-13-23)29(34)37-17-19(2)3/h5-16,19H,4,17-18H2,1-3H3,(H,32,33)/b14-9+. The topological polar surface area (TPSA) is 73.9 Å². The molecule has 0 saturated heterocycles. The van der Waals surface area contributed by atoms with Crippen LogP contribution in [0.4, 0.5) is 5.69 Å². The van der Waals surface area contributed by atoms with Crippen LogP contribution >= 0.6 is 27.5 Å². The van der Waals surface area contributed by atoms with E-state index in [1.165, 1.54) is 6.08 Å². The van der Waals surface area contributed by atoms with E-state index in [-0.39, 0.29) is 24.4 Å². The second-order valence-corrected chi connectivity index (χ2v) is 9.80. The van der Waals surface area contributed by atoms with Gasteiger partial charge in [-0.25, -0.2) is 4.79 Å². The number of rotatable bonds is 11. The van der Waals surface area contributed by atoms with Crippen molar-refractivity contribution < 1.29 is 23.8 Å². The molecule has 1 amide bonds. The zero-order valence-corrected chi connectivity index (χ0v) is 23.3. The Labute approximate surface area is 230 Å². The number of halogens is 2. The van der Waals surface area contributed by atoms with Gasteiger partial charge in [-0.1, -0.05) is 43.6 Å². The SMILES string of the molecule is CCOc1cc(/C=C/C(=O)Nc2ccc(C(=O)OCC(C)C)cc2)cc(Br)c1OCc1ccccc1Cl. The zero-order chi connectivity index (χ0) is 26.8. The lowest BCUT2D eigenvalue weighted by molar-refractivity contribution is -0.111. The van der Waals surface area contributed by atoms with Gasteiger partial charge in [0.05, 0.1) is 23.2 Å². The van der Waals surface area contributed by atoms with Crippen LogP contribution in [0.25, 0.3) is 6.08 Å². The average Bonchev–Trinajstić information content (AvgIpc) is 2.87. The van der Waals surface area contributed by atoms with Crippen molar-refractivity contribution in [2.45, 2.75) is 27.4 Å². The Kier molecular flexibility index (Phi) is 10.6. The summed E-state index contributed by atoms with van der Waals surface area (Å²) in [6.45, 7) is 6.92. The number of hydrogen-bond acceptors (Lipinski definition) is 5. The maximum atomic E-state index is 12.5. The van der Waals surface area contributed by atoms with E-state index < -0.39 is 0 Å². The molecule has 6 nitrogen and oxygen atoms in total. The van der Waals surface area contributed by atoms with Crippen molar-refractivity contribution in [3.8, 4) is 11.5 Å². The van der Waals surface area contributed by atoms with E-state index in [0.29, 0.717) is 45.5 Å². The predicted molar refractivity (Wildman–Crippen MR) is 150 cm³/mol. The maximum Gasteiger partial charge on any atom is 0.338 e. The smallest absolute Gasteiger partial charge is 0.338 e. The normalized spacial score (nSPS) is 11.0. The summed E-state index contributed by atoms with van der Waals surface area (Å²) in [6.07, 6.45) is 3.10. The maximum absolute atomic E-state index is 12.5. The molecule has 0 bridgehead atoms. The summed E-state index contributed by atoms with van der Waals surface area (Å²) >= 11 is 9.79. The first-order chi connectivity index (χ1) is 17.8. The van der Waals surface area contributed by atoms with Crippen molar-refractivity contribution >= 4 is 51.2 Å². The zero-order valence-electron chi connectivity index (χ0n) is 20.9. The van der Waals surface area contributed by atoms with Crippen molar-refractivity contribution in [3.63, 3.8) is 0 Å². The van der Waals surface area contributed by atoms with Gasteiger partial charge >= 0.3 is 5.97 Å². The number of carbonyl (C=O) groups excluding carboxylic acids is 2. The molecule has 0 atom stereocenters. The molecule has 0 spiro atoms. The summed E-state index contributed by atoms with van der Waals surface area (Å²) in [6, 6.07) is 17.7. The molecular formula is C29H29BrClNO5. The number of benzene rings is 3. The van der Waals surface area contributed by atoms with Crippen LogP contribution in [0.3, 0.4) is 0 Å². The highest BCUT2D eigenvalue weighted by atomic mass is 79.9. The minimum Gasteiger partial charge on any atom is -0.490 e. The lowest BCUT2D eigenvalue weighted by Crippen LogP contribution is -2.11. The van der Waals surface area contributed by atoms with Gasteiger partial charge in [-0.15, -0.1) is 0 Å². The van der Waals surface area contributed by atoms with Gasteiger partial charge in [0.15, 0.2) is 11.5 Å². The third-order valence-electron chi connectivity index (χ3n) is 5.02. The van der Waals surface area contributed by atoms with E-state index in [9.17, 15) is 9.59 Å². The molecule has 194 valence electrons. The van der Waals surface area contributed by atoms with Gasteiger partial charge in [-0.05, 0) is 82.9 Å². The highest BCUT2D eigenvalue weighted by Gasteiger charge is 2.13. The number of esters is 1. The molecule has 37 heavy (non-hydrogen) atoms. The number of nitrogens with one attached hydrogen (secondary N) is 1. The molecule has 1 N–H and O–H groups in total. The molecule has 0 aromatic heterocycles. The largest absolute Gasteiger partial charge is 0.490 e. The fraction of sp³-hybridized carbons (Fsp3) is 0.241. The van der Waals surface area contributed by atoms with Gasteiger partial charge in [-0.3, -0.25) is 4.79 Å². The first kappa shape index (κ1) is 28.3. The summed E-state index contributed by atoms with van der Waals surface area (Å²) in [5.74, 6) is 0.653. The summed E-state index contributed by atoms with van der Waals surface area (Å²) < 4.78 is 17.7. The van der Waals surface area contributed by atoms with Gasteiger partial charge in [0.1, 0.15) is 6.61 Å². The van der Waals surface area contributed by atoms with Crippen LogP contribution in [0.2, 0.25) is 5.02 Å². The van der Waals surface area contributed by atoms with Crippen LogP contribution < -0.4 is 14.8 Å². The minimum atomic E-state index is -0.388. The molecule has 0 heterocycles. The first-order valence-electron chi connectivity index (χ1n) is 11.9. The van der Waals surface area contributed by atoms with Crippen LogP contribution in [0.15, 0.2) is 71.2 Å². The highest BCUT2D eigenvalue weighted by molar-refractivity contribution is 9.10. The van der Waals surface area contributed by atoms with E-state index in [0.717, 1.165) is 11.1 Å². The molecule has 0 radical (unpaired) electrons. The van der Waals surface area contributed by atoms with Crippen molar-refractivity contribution in [1.29, 1.82) is 0 Å². The van der Waals surface area contributed by atoms with Gasteiger partial charge in [0.25, 0.3) is 0 Å². The van der Waals surface area contributed by atoms with E-state index >= 15 is 0 Å². The van der Waals surface area contributed by atoms with Crippen molar-refractivity contribution in [3.05, 3.63) is 92.9 Å². The second-order valence-electron chi connectivity index (χ2n) is 8.54. The number of anilines is 1. The number of carbonyl (C=O) groups is 2. The Morgan fingerprint density at radius 3 is 2.46 bits per heavy atom. The van der Waals surface area contributed by atoms with E-state index in [1.807, 2.05) is 51.1 Å². The molecule has 0 fully saturated rings. The first-order valence-corrected chi connectivity index (χ1v) is 13.0. The lowest BCUT2D eigenvalue weighted by atomic mass is 10.1. The third kappa shape index (κ3) is 8.65. The molecule has 3 aromatic rings. The molecule has 3 aromatic carbocycles. The monoisotopic (exact) mass is 585 g/mol. The predicted octanol–water partition coefficient (Wildman–Crippen LogP) is 7.54. The summed E-state index contributed by atoms with van der Waals surface area (Å²) in [5, 5.41) is 3.41. The second kappa shape index (κ2) is 13.9. The van der Waals surface area contributed by atoms with Gasteiger partial charge in [0, 0.05) is 22.3 Å². The Morgan fingerprint density at radius 1 is 1.05 bits per heavy atom. The molecule has 0 aliphatic heterocycles. The molecule has 0 aliphatic rings. The van der Waals surface area contributed by atoms with Crippen LogP contribution in [0.1, 0.15) is 42.3 Å². The molecule has 3 rings (SSSR count). The average molecular weight is 587 g/mol. The molecule has 0 aliphatic carbocycles. The van der Waals surface area contributed by atoms with Crippen molar-refractivity contribution in [2.75, 3.05) is 18.5 Å². The summed E-state index contributed by atoms with van der Waals surface area (Å²) in [4.78, 5) is 24.5. The fourth-order valence-corrected chi connectivity index (χ4v) is 3.99. The van der Waals surface area contributed by atoms with Crippen molar-refractivity contribution in [2.24, 2.45) is 5.92 Å². The summed E-state index contributed by atoms with van der Waals surface area (Å²) in [7, 11) is 0. The lowest BCUT2D eigenvalue weighted by Gasteiger charge is -2.15. The Balaban J connectivity index is 1.65. The third-order valence-corrected chi connectivity index (χ3v) is 5.98. The Hall–Kier alpha value is -3.29. The molecule has 0 saturated carbocycles. The Bertz CT molecular complexity index is 1260. The van der Waals surface area contributed by atoms with Gasteiger partial charge in [0.2, 0.25) is 5.91 Å². The van der Waals surface area contributed by atoms with Crippen LogP contribution in [0.5, 0.6) is 11.5 Å². The molecule has 8 heteroatoms. The quantitative estimate of drug-likeness (QED) is 0.186. The van der Waals surface area contributed by atoms with E-state index in [1.54, 1.807) is 36.4 Å². The number of amides is 1. The van der Waals surface area contributed by atoms with Crippen LogP contribution in [-0.2, 0) is 16.1 Å². The fourth-order valence-electron chi connectivity index (χ4n) is 3.22. The molecule has 0 unspecified atom stereocenters. The summed E-state index contributed by atoms with van der Waals surface area (Å²) in [5.41, 5.74) is 2.60. The minimum absolute atomic E-state index is 0.261. The van der Waals surface area contributed by atoms with Gasteiger partial charge < -0.3 is 19.5 Å². The van der Waals surface area contributed by atoms with E-state index in [2.05, 4.69) is 21.2 Å². The molecular weight excluding hydrogens is 558 g/mol.